The smallest absolute Gasteiger partial charge is 0.321 e. The highest BCUT2D eigenvalue weighted by atomic mass is 16.2. The number of imidazole rings is 1. The molecule has 1 aliphatic rings. The molecule has 7 rings (SSSR count). The van der Waals surface area contributed by atoms with Gasteiger partial charge in [-0.05, 0) is 54.3 Å². The highest BCUT2D eigenvalue weighted by Gasteiger charge is 2.33. The fourth-order valence-electron chi connectivity index (χ4n) is 5.95. The Hall–Kier alpha value is -5.35. The molecule has 0 spiro atoms. The first kappa shape index (κ1) is 27.5. The van der Waals surface area contributed by atoms with E-state index in [0.717, 1.165) is 46.4 Å². The van der Waals surface area contributed by atoms with Crippen molar-refractivity contribution < 1.29 is 4.79 Å². The molecule has 3 aromatic heterocycles. The van der Waals surface area contributed by atoms with E-state index in [1.165, 1.54) is 5.56 Å². The van der Waals surface area contributed by atoms with Crippen LogP contribution in [0.1, 0.15) is 12.5 Å². The molecule has 0 unspecified atom stereocenters. The van der Waals surface area contributed by atoms with Gasteiger partial charge in [0.2, 0.25) is 5.95 Å². The summed E-state index contributed by atoms with van der Waals surface area (Å²) in [6.07, 6.45) is 7.17. The molecule has 220 valence electrons. The number of aromatic nitrogens is 5. The summed E-state index contributed by atoms with van der Waals surface area (Å²) in [7, 11) is 0. The Morgan fingerprint density at radius 2 is 1.73 bits per heavy atom. The molecule has 1 fully saturated rings. The molecular weight excluding hydrogens is 550 g/mol. The lowest BCUT2D eigenvalue weighted by Gasteiger charge is -2.44. The lowest BCUT2D eigenvalue weighted by atomic mass is 10.0. The number of nitrogens with one attached hydrogen (secondary N) is 2. The molecule has 0 aliphatic carbocycles. The SMILES string of the molecule is C[C@H](Nc1nccc(-n2cnc3ccccc32)n1)[C@@H]1CN(C(=O)Nc2cccc3ccccc23)CCN1Cc1ccncc1. The van der Waals surface area contributed by atoms with Crippen LogP contribution >= 0.6 is 0 Å². The van der Waals surface area contributed by atoms with Crippen LogP contribution in [0.5, 0.6) is 0 Å². The second-order valence-corrected chi connectivity index (χ2v) is 11.1. The van der Waals surface area contributed by atoms with Crippen molar-refractivity contribution in [2.75, 3.05) is 30.3 Å². The van der Waals surface area contributed by atoms with Crippen molar-refractivity contribution in [3.8, 4) is 5.82 Å². The van der Waals surface area contributed by atoms with E-state index >= 15 is 0 Å². The zero-order chi connectivity index (χ0) is 29.9. The molecule has 0 bridgehead atoms. The highest BCUT2D eigenvalue weighted by Crippen LogP contribution is 2.25. The molecule has 4 heterocycles. The number of pyridine rings is 1. The second-order valence-electron chi connectivity index (χ2n) is 11.1. The van der Waals surface area contributed by atoms with E-state index in [9.17, 15) is 4.79 Å². The van der Waals surface area contributed by atoms with Crippen molar-refractivity contribution in [1.29, 1.82) is 0 Å². The van der Waals surface area contributed by atoms with Crippen molar-refractivity contribution in [3.05, 3.63) is 115 Å². The number of hydrogen-bond donors (Lipinski definition) is 2. The van der Waals surface area contributed by atoms with Gasteiger partial charge in [-0.1, -0.05) is 48.5 Å². The molecule has 1 aliphatic heterocycles. The third-order valence-corrected chi connectivity index (χ3v) is 8.26. The fourth-order valence-corrected chi connectivity index (χ4v) is 5.95. The van der Waals surface area contributed by atoms with Crippen LogP contribution in [0.3, 0.4) is 0 Å². The number of anilines is 2. The molecule has 2 atom stereocenters. The van der Waals surface area contributed by atoms with Crippen LogP contribution in [-0.2, 0) is 6.54 Å². The number of hydrogen-bond acceptors (Lipinski definition) is 7. The number of fused-ring (bicyclic) bond motifs is 2. The first-order valence-electron chi connectivity index (χ1n) is 14.8. The average molecular weight is 584 g/mol. The van der Waals surface area contributed by atoms with Gasteiger partial charge < -0.3 is 15.5 Å². The Kier molecular flexibility index (Phi) is 7.56. The van der Waals surface area contributed by atoms with Crippen LogP contribution in [-0.4, -0.2) is 72.1 Å². The van der Waals surface area contributed by atoms with Gasteiger partial charge in [0.15, 0.2) is 0 Å². The predicted octanol–water partition coefficient (Wildman–Crippen LogP) is 5.58. The number of benzene rings is 3. The van der Waals surface area contributed by atoms with Crippen molar-refractivity contribution >= 4 is 39.5 Å². The highest BCUT2D eigenvalue weighted by molar-refractivity contribution is 6.01. The van der Waals surface area contributed by atoms with Crippen molar-refractivity contribution in [2.45, 2.75) is 25.6 Å². The molecule has 2 N–H and O–H groups in total. The molecule has 6 aromatic rings. The minimum atomic E-state index is -0.104. The Balaban J connectivity index is 1.12. The van der Waals surface area contributed by atoms with E-state index in [-0.39, 0.29) is 18.1 Å². The van der Waals surface area contributed by atoms with Gasteiger partial charge >= 0.3 is 6.03 Å². The van der Waals surface area contributed by atoms with Gasteiger partial charge in [0.1, 0.15) is 12.1 Å². The number of rotatable bonds is 7. The zero-order valence-electron chi connectivity index (χ0n) is 24.4. The summed E-state index contributed by atoms with van der Waals surface area (Å²) in [5.74, 6) is 1.26. The number of para-hydroxylation sites is 2. The van der Waals surface area contributed by atoms with E-state index < -0.39 is 0 Å². The molecular formula is C34H33N9O. The summed E-state index contributed by atoms with van der Waals surface area (Å²) < 4.78 is 1.96. The Morgan fingerprint density at radius 1 is 0.909 bits per heavy atom. The van der Waals surface area contributed by atoms with E-state index in [1.807, 2.05) is 94.7 Å². The molecule has 2 amide bonds. The van der Waals surface area contributed by atoms with Crippen LogP contribution in [0.15, 0.2) is 110 Å². The predicted molar refractivity (Wildman–Crippen MR) is 173 cm³/mol. The van der Waals surface area contributed by atoms with Gasteiger partial charge in [-0.2, -0.15) is 4.98 Å². The third-order valence-electron chi connectivity index (χ3n) is 8.26. The van der Waals surface area contributed by atoms with Crippen molar-refractivity contribution in [3.63, 3.8) is 0 Å². The molecule has 10 heteroatoms. The summed E-state index contributed by atoms with van der Waals surface area (Å²) in [6.45, 7) is 4.76. The number of urea groups is 1. The Morgan fingerprint density at radius 3 is 2.64 bits per heavy atom. The standard InChI is InChI=1S/C34H33N9O/c1-24(38-33-36-18-15-32(40-33)43-23-37-29-10-4-5-12-30(29)43)31-22-42(20-19-41(31)21-25-13-16-35-17-14-25)34(44)39-28-11-6-8-26-7-2-3-9-27(26)28/h2-18,23-24,31H,19-22H2,1H3,(H,39,44)(H,36,38,40)/t24-,31-/m0/s1. The Labute approximate surface area is 255 Å². The van der Waals surface area contributed by atoms with Crippen LogP contribution in [0.25, 0.3) is 27.6 Å². The quantitative estimate of drug-likeness (QED) is 0.253. The summed E-state index contributed by atoms with van der Waals surface area (Å²) in [4.78, 5) is 36.0. The monoisotopic (exact) mass is 583 g/mol. The number of amides is 2. The fraction of sp³-hybridized carbons (Fsp3) is 0.206. The lowest BCUT2D eigenvalue weighted by Crippen LogP contribution is -2.60. The minimum Gasteiger partial charge on any atom is -0.350 e. The first-order valence-corrected chi connectivity index (χ1v) is 14.8. The summed E-state index contributed by atoms with van der Waals surface area (Å²) in [6, 6.07) is 27.8. The lowest BCUT2D eigenvalue weighted by molar-refractivity contribution is 0.0801. The van der Waals surface area contributed by atoms with Crippen LogP contribution in [0.2, 0.25) is 0 Å². The van der Waals surface area contributed by atoms with Crippen LogP contribution < -0.4 is 10.6 Å². The molecule has 0 radical (unpaired) electrons. The van der Waals surface area contributed by atoms with Crippen molar-refractivity contribution in [2.24, 2.45) is 0 Å². The molecule has 1 saturated heterocycles. The van der Waals surface area contributed by atoms with Gasteiger partial charge in [0.25, 0.3) is 0 Å². The molecule has 0 saturated carbocycles. The molecule has 3 aromatic carbocycles. The zero-order valence-corrected chi connectivity index (χ0v) is 24.4. The van der Waals surface area contributed by atoms with Crippen molar-refractivity contribution in [1.82, 2.24) is 34.3 Å². The Bertz CT molecular complexity index is 1900. The van der Waals surface area contributed by atoms with Gasteiger partial charge in [-0.15, -0.1) is 0 Å². The van der Waals surface area contributed by atoms with Gasteiger partial charge in [0.05, 0.1) is 16.7 Å². The normalized spacial score (nSPS) is 16.2. The number of nitrogens with zero attached hydrogens (tertiary/aromatic N) is 7. The molecule has 10 nitrogen and oxygen atoms in total. The van der Waals surface area contributed by atoms with Gasteiger partial charge in [0, 0.05) is 62.2 Å². The summed E-state index contributed by atoms with van der Waals surface area (Å²) in [5, 5.41) is 8.83. The maximum absolute atomic E-state index is 13.6. The van der Waals surface area contributed by atoms with E-state index in [2.05, 4.69) is 49.5 Å². The summed E-state index contributed by atoms with van der Waals surface area (Å²) >= 11 is 0. The van der Waals surface area contributed by atoms with E-state index in [4.69, 9.17) is 4.98 Å². The maximum Gasteiger partial charge on any atom is 0.321 e. The van der Waals surface area contributed by atoms with E-state index in [1.54, 1.807) is 12.5 Å². The first-order chi connectivity index (χ1) is 21.6. The number of piperazine rings is 1. The third kappa shape index (κ3) is 5.67. The average Bonchev–Trinajstić information content (AvgIpc) is 3.50. The van der Waals surface area contributed by atoms with E-state index in [0.29, 0.717) is 19.0 Å². The number of carbonyl (C=O) groups is 1. The van der Waals surface area contributed by atoms with Crippen LogP contribution in [0.4, 0.5) is 16.4 Å². The second kappa shape index (κ2) is 12.1. The van der Waals surface area contributed by atoms with Gasteiger partial charge in [-0.3, -0.25) is 14.5 Å². The van der Waals surface area contributed by atoms with Gasteiger partial charge in [-0.25, -0.2) is 14.8 Å². The summed E-state index contributed by atoms with van der Waals surface area (Å²) in [5.41, 5.74) is 3.88. The topological polar surface area (TPSA) is 104 Å². The maximum atomic E-state index is 13.6. The largest absolute Gasteiger partial charge is 0.350 e. The minimum absolute atomic E-state index is 0.00323. The van der Waals surface area contributed by atoms with Crippen LogP contribution in [0, 0.1) is 0 Å². The molecule has 44 heavy (non-hydrogen) atoms. The number of carbonyl (C=O) groups excluding carboxylic acids is 1.